The molecule has 0 aromatic heterocycles. The number of carbonyl (C=O) groups is 3. The van der Waals surface area contributed by atoms with Crippen molar-refractivity contribution in [3.05, 3.63) is 116 Å². The van der Waals surface area contributed by atoms with Gasteiger partial charge >= 0.3 is 11.9 Å². The summed E-state index contributed by atoms with van der Waals surface area (Å²) in [4.78, 5) is 56.5. The van der Waals surface area contributed by atoms with Crippen LogP contribution in [0, 0.1) is 35.5 Å². The molecule has 10 heteroatoms. The molecule has 348 valence electrons. The molecule has 65 heavy (non-hydrogen) atoms. The van der Waals surface area contributed by atoms with E-state index in [1.54, 1.807) is 6.08 Å². The van der Waals surface area contributed by atoms with Crippen LogP contribution in [-0.2, 0) is 23.9 Å². The van der Waals surface area contributed by atoms with Crippen LogP contribution in [0.15, 0.2) is 131 Å². The smallest absolute Gasteiger partial charge is 0.321 e. The molecule has 1 saturated carbocycles. The van der Waals surface area contributed by atoms with Crippen LogP contribution in [0.25, 0.3) is 0 Å². The van der Waals surface area contributed by atoms with E-state index >= 15 is 0 Å². The fraction of sp³-hybridized carbons (Fsp3) is 0.527. The number of hydrogen-bond acceptors (Lipinski definition) is 10. The quantitative estimate of drug-likeness (QED) is 0.0537. The number of rotatable bonds is 20. The Kier molecular flexibility index (Phi) is 16.4. The van der Waals surface area contributed by atoms with E-state index in [0.717, 1.165) is 53.4 Å². The lowest BCUT2D eigenvalue weighted by atomic mass is 9.85. The van der Waals surface area contributed by atoms with Gasteiger partial charge in [0.05, 0.1) is 47.6 Å². The Balaban J connectivity index is 1.21. The summed E-state index contributed by atoms with van der Waals surface area (Å²) in [6.07, 6.45) is 22.9. The minimum Gasteiger partial charge on any atom is -0.515 e. The number of aliphatic hydroxyl groups excluding tert-OH is 1. The fourth-order valence-electron chi connectivity index (χ4n) is 10.1. The van der Waals surface area contributed by atoms with Gasteiger partial charge in [-0.15, -0.1) is 0 Å². The fourth-order valence-corrected chi connectivity index (χ4v) is 10.1. The van der Waals surface area contributed by atoms with E-state index in [2.05, 4.69) is 53.4 Å². The monoisotopic (exact) mass is 885 g/mol. The molecule has 5 unspecified atom stereocenters. The third kappa shape index (κ3) is 10.8. The van der Waals surface area contributed by atoms with Crippen molar-refractivity contribution in [1.29, 1.82) is 0 Å². The molecule has 0 spiro atoms. The highest BCUT2D eigenvalue weighted by Gasteiger charge is 2.52. The van der Waals surface area contributed by atoms with Crippen LogP contribution >= 0.6 is 0 Å². The number of nitrogens with zero attached hydrogens (tertiary/aromatic N) is 3. The van der Waals surface area contributed by atoms with Crippen molar-refractivity contribution >= 4 is 34.9 Å². The summed E-state index contributed by atoms with van der Waals surface area (Å²) in [5.74, 6) is -0.732. The molecule has 6 rings (SSSR count). The molecule has 5 heterocycles. The second-order valence-corrected chi connectivity index (χ2v) is 19.4. The Bertz CT molecular complexity index is 2350. The Morgan fingerprint density at radius 3 is 2.25 bits per heavy atom. The number of hydrogen-bond donors (Lipinski definition) is 2. The number of ether oxygens (including phenoxy) is 2. The number of Topliss-reactive ketones (excluding diaryl/α,β-unsaturated/α-hetero) is 1. The SMILES string of the molecule is C=CC1=C(C)C2=NC1=CC1=NC(=C(CC)/C1=C\O)C=C1N=C3C(=C1C)C(=O)C(C(=O)OC)C3=C1NC(=C2)C(C)C1CCC(=O)OC/C=C(\C)CCCC(C)CCCC(C)CCCC(C)C. The van der Waals surface area contributed by atoms with E-state index in [4.69, 9.17) is 24.5 Å². The summed E-state index contributed by atoms with van der Waals surface area (Å²) in [6.45, 7) is 23.7. The van der Waals surface area contributed by atoms with Gasteiger partial charge in [-0.05, 0) is 105 Å². The van der Waals surface area contributed by atoms with Gasteiger partial charge in [0.25, 0.3) is 0 Å². The number of ketones is 1. The number of aliphatic hydroxyl groups is 1. The van der Waals surface area contributed by atoms with Crippen LogP contribution in [-0.4, -0.2) is 53.7 Å². The Hall–Kier alpha value is -5.38. The summed E-state index contributed by atoms with van der Waals surface area (Å²) >= 11 is 0. The molecule has 6 aliphatic rings. The molecule has 1 aliphatic carbocycles. The van der Waals surface area contributed by atoms with Gasteiger partial charge in [0.15, 0.2) is 5.78 Å². The highest BCUT2D eigenvalue weighted by Crippen LogP contribution is 2.47. The molecule has 0 radical (unpaired) electrons. The Morgan fingerprint density at radius 1 is 0.908 bits per heavy atom. The zero-order valence-electron chi connectivity index (χ0n) is 40.7. The first-order valence-corrected chi connectivity index (χ1v) is 24.1. The van der Waals surface area contributed by atoms with Gasteiger partial charge in [-0.1, -0.05) is 105 Å². The first-order chi connectivity index (χ1) is 31.1. The third-order valence-electron chi connectivity index (χ3n) is 14.2. The molecular formula is C55H72N4O6. The first-order valence-electron chi connectivity index (χ1n) is 24.1. The molecule has 0 aromatic carbocycles. The average Bonchev–Trinajstić information content (AvgIpc) is 4.02. The molecule has 1 saturated heterocycles. The Labute approximate surface area is 387 Å². The maximum atomic E-state index is 14.4. The lowest BCUT2D eigenvalue weighted by molar-refractivity contribution is -0.146. The number of carbonyl (C=O) groups excluding carboxylic acids is 3. The van der Waals surface area contributed by atoms with Gasteiger partial charge in [0.2, 0.25) is 0 Å². The lowest BCUT2D eigenvalue weighted by Crippen LogP contribution is -2.26. The van der Waals surface area contributed by atoms with Crippen molar-refractivity contribution < 1.29 is 29.0 Å². The molecule has 2 fully saturated rings. The standard InChI is InChI=1S/C55H72N4O6/c1-12-38-35(8)42-27-43-36(9)40(23-24-48(61)65-26-25-34(7)22-16-21-33(6)20-15-19-32(5)18-14-17-31(3)4)52(58-43)50-51(55(63)64-11)54(62)49-37(10)44(59-53(49)50)28-46-39(13-2)41(30-60)47(57-46)29-45(38)56-42/h12,25,27-33,36,40,51,58,60H,1,13-24,26H2,2-11H3/b34-25+,41-30+,43-27?,44-28?,45-29?,52-50?. The number of aliphatic imine (C=N–C) groups is 3. The number of allylic oxidation sites excluding steroid dienone is 12. The van der Waals surface area contributed by atoms with Crippen LogP contribution < -0.4 is 5.32 Å². The molecular weight excluding hydrogens is 813 g/mol. The number of fused-ring (bicyclic) bond motifs is 5. The average molecular weight is 885 g/mol. The summed E-state index contributed by atoms with van der Waals surface area (Å²) in [6, 6.07) is 0. The van der Waals surface area contributed by atoms with Crippen molar-refractivity contribution in [2.75, 3.05) is 13.7 Å². The predicted octanol–water partition coefficient (Wildman–Crippen LogP) is 12.1. The zero-order chi connectivity index (χ0) is 47.1. The molecule has 2 N–H and O–H groups in total. The second kappa shape index (κ2) is 21.7. The van der Waals surface area contributed by atoms with Gasteiger partial charge in [-0.25, -0.2) is 15.0 Å². The molecule has 8 bridgehead atoms. The maximum absolute atomic E-state index is 14.4. The summed E-state index contributed by atoms with van der Waals surface area (Å²) in [5, 5.41) is 14.1. The normalized spacial score (nSPS) is 23.2. The summed E-state index contributed by atoms with van der Waals surface area (Å²) in [5.41, 5.74) is 10.9. The predicted molar refractivity (Wildman–Crippen MR) is 262 cm³/mol. The van der Waals surface area contributed by atoms with Crippen LogP contribution in [0.1, 0.15) is 139 Å². The second-order valence-electron chi connectivity index (χ2n) is 19.4. The van der Waals surface area contributed by atoms with Crippen LogP contribution in [0.4, 0.5) is 0 Å². The van der Waals surface area contributed by atoms with E-state index in [-0.39, 0.29) is 36.6 Å². The summed E-state index contributed by atoms with van der Waals surface area (Å²) in [7, 11) is 1.29. The van der Waals surface area contributed by atoms with Crippen molar-refractivity contribution in [2.45, 2.75) is 139 Å². The van der Waals surface area contributed by atoms with Gasteiger partial charge in [-0.3, -0.25) is 14.4 Å². The highest BCUT2D eigenvalue weighted by atomic mass is 16.5. The number of nitrogens with one attached hydrogen (secondary N) is 1. The molecule has 0 amide bonds. The lowest BCUT2D eigenvalue weighted by Gasteiger charge is -2.19. The van der Waals surface area contributed by atoms with Crippen LogP contribution in [0.2, 0.25) is 0 Å². The highest BCUT2D eigenvalue weighted by molar-refractivity contribution is 6.42. The van der Waals surface area contributed by atoms with Crippen molar-refractivity contribution in [2.24, 2.45) is 50.5 Å². The largest absolute Gasteiger partial charge is 0.515 e. The minimum absolute atomic E-state index is 0.139. The first kappa shape index (κ1) is 49.1. The van der Waals surface area contributed by atoms with Gasteiger partial charge in [0, 0.05) is 51.9 Å². The number of methoxy groups -OCH3 is 1. The van der Waals surface area contributed by atoms with Gasteiger partial charge < -0.3 is 19.9 Å². The third-order valence-corrected chi connectivity index (χ3v) is 14.2. The van der Waals surface area contributed by atoms with Crippen molar-refractivity contribution in [3.8, 4) is 0 Å². The van der Waals surface area contributed by atoms with Crippen molar-refractivity contribution in [3.63, 3.8) is 0 Å². The van der Waals surface area contributed by atoms with Crippen molar-refractivity contribution in [1.82, 2.24) is 5.32 Å². The van der Waals surface area contributed by atoms with Crippen LogP contribution in [0.3, 0.4) is 0 Å². The topological polar surface area (TPSA) is 139 Å². The van der Waals surface area contributed by atoms with Gasteiger partial charge in [-0.2, -0.15) is 0 Å². The van der Waals surface area contributed by atoms with E-state index in [9.17, 15) is 19.5 Å². The van der Waals surface area contributed by atoms with E-state index in [1.807, 2.05) is 45.1 Å². The molecule has 10 nitrogen and oxygen atoms in total. The Morgan fingerprint density at radius 2 is 1.60 bits per heavy atom. The summed E-state index contributed by atoms with van der Waals surface area (Å²) < 4.78 is 11.0. The molecule has 0 aromatic rings. The van der Waals surface area contributed by atoms with E-state index in [0.29, 0.717) is 81.0 Å². The minimum atomic E-state index is -1.23. The molecule has 5 atom stereocenters. The van der Waals surface area contributed by atoms with E-state index < -0.39 is 11.9 Å². The maximum Gasteiger partial charge on any atom is 0.321 e. The molecule has 5 aliphatic heterocycles. The van der Waals surface area contributed by atoms with Crippen LogP contribution in [0.5, 0.6) is 0 Å². The zero-order valence-corrected chi connectivity index (χ0v) is 40.7. The van der Waals surface area contributed by atoms with E-state index in [1.165, 1.54) is 57.6 Å². The number of esters is 2. The van der Waals surface area contributed by atoms with Gasteiger partial charge in [0.1, 0.15) is 12.5 Å².